The molecule has 2 N–H and O–H groups in total. The lowest BCUT2D eigenvalue weighted by Gasteiger charge is -2.17. The molecule has 1 aromatic carbocycles. The van der Waals surface area contributed by atoms with Gasteiger partial charge in [0.15, 0.2) is 5.82 Å². The van der Waals surface area contributed by atoms with E-state index in [9.17, 15) is 4.79 Å². The zero-order chi connectivity index (χ0) is 17.8. The summed E-state index contributed by atoms with van der Waals surface area (Å²) >= 11 is 0. The number of aryl methyl sites for hydroxylation is 1. The Labute approximate surface area is 148 Å². The molecule has 0 spiro atoms. The van der Waals surface area contributed by atoms with Gasteiger partial charge in [0.1, 0.15) is 0 Å². The summed E-state index contributed by atoms with van der Waals surface area (Å²) in [4.78, 5) is 14.4. The Morgan fingerprint density at radius 2 is 1.92 bits per heavy atom. The van der Waals surface area contributed by atoms with Gasteiger partial charge in [-0.15, -0.1) is 5.10 Å². The van der Waals surface area contributed by atoms with Crippen LogP contribution in [0.25, 0.3) is 0 Å². The van der Waals surface area contributed by atoms with Crippen LogP contribution >= 0.6 is 0 Å². The topological polar surface area (TPSA) is 70.2 Å². The van der Waals surface area contributed by atoms with Crippen molar-refractivity contribution in [1.82, 2.24) is 15.5 Å². The summed E-state index contributed by atoms with van der Waals surface area (Å²) in [5, 5.41) is 14.2. The predicted octanol–water partition coefficient (Wildman–Crippen LogP) is 3.31. The van der Waals surface area contributed by atoms with Crippen molar-refractivity contribution < 1.29 is 4.79 Å². The lowest BCUT2D eigenvalue weighted by atomic mass is 10.0. The number of carbonyl (C=O) groups is 1. The van der Waals surface area contributed by atoms with Crippen LogP contribution in [-0.4, -0.2) is 35.4 Å². The van der Waals surface area contributed by atoms with E-state index in [1.165, 1.54) is 5.56 Å². The third-order valence-electron chi connectivity index (χ3n) is 4.47. The molecule has 6 heteroatoms. The first-order valence-electron chi connectivity index (χ1n) is 8.74. The van der Waals surface area contributed by atoms with E-state index >= 15 is 0 Å². The third-order valence-corrected chi connectivity index (χ3v) is 4.47. The summed E-state index contributed by atoms with van der Waals surface area (Å²) in [6, 6.07) is 11.9. The molecule has 2 amide bonds. The molecule has 1 aromatic heterocycles. The fourth-order valence-electron chi connectivity index (χ4n) is 2.95. The number of hydrogen-bond donors (Lipinski definition) is 2. The second-order valence-corrected chi connectivity index (χ2v) is 6.84. The summed E-state index contributed by atoms with van der Waals surface area (Å²) in [6.07, 6.45) is 0.898. The Hall–Kier alpha value is -2.63. The van der Waals surface area contributed by atoms with Gasteiger partial charge in [0.2, 0.25) is 0 Å². The van der Waals surface area contributed by atoms with Crippen LogP contribution in [0.2, 0.25) is 0 Å². The number of hydrogen-bond acceptors (Lipinski definition) is 4. The molecule has 2 heterocycles. The number of rotatable bonds is 4. The van der Waals surface area contributed by atoms with Crippen LogP contribution in [0.15, 0.2) is 36.4 Å². The van der Waals surface area contributed by atoms with E-state index < -0.39 is 0 Å². The molecule has 0 saturated carbocycles. The fraction of sp³-hybridized carbons (Fsp3) is 0.421. The van der Waals surface area contributed by atoms with Gasteiger partial charge in [-0.1, -0.05) is 26.0 Å². The van der Waals surface area contributed by atoms with E-state index in [0.29, 0.717) is 5.92 Å². The van der Waals surface area contributed by atoms with Crippen molar-refractivity contribution in [2.75, 3.05) is 23.3 Å². The van der Waals surface area contributed by atoms with Crippen LogP contribution in [0.1, 0.15) is 37.4 Å². The van der Waals surface area contributed by atoms with Crippen LogP contribution in [0.4, 0.5) is 16.3 Å². The molecule has 25 heavy (non-hydrogen) atoms. The number of urea groups is 1. The molecule has 6 nitrogen and oxygen atoms in total. The van der Waals surface area contributed by atoms with Gasteiger partial charge in [-0.2, -0.15) is 5.10 Å². The molecule has 132 valence electrons. The smallest absolute Gasteiger partial charge is 0.319 e. The minimum Gasteiger partial charge on any atom is -0.353 e. The van der Waals surface area contributed by atoms with Gasteiger partial charge in [0, 0.05) is 24.8 Å². The van der Waals surface area contributed by atoms with Gasteiger partial charge in [-0.3, -0.25) is 0 Å². The normalized spacial score (nSPS) is 17.0. The van der Waals surface area contributed by atoms with Gasteiger partial charge >= 0.3 is 6.03 Å². The highest BCUT2D eigenvalue weighted by Gasteiger charge is 2.25. The van der Waals surface area contributed by atoms with Crippen molar-refractivity contribution in [2.24, 2.45) is 0 Å². The molecular formula is C19H25N5O. The maximum absolute atomic E-state index is 12.2. The largest absolute Gasteiger partial charge is 0.353 e. The van der Waals surface area contributed by atoms with Crippen molar-refractivity contribution in [3.63, 3.8) is 0 Å². The number of anilines is 2. The average molecular weight is 339 g/mol. The number of amides is 2. The van der Waals surface area contributed by atoms with Crippen LogP contribution in [0.3, 0.4) is 0 Å². The van der Waals surface area contributed by atoms with E-state index in [-0.39, 0.29) is 12.1 Å². The first-order chi connectivity index (χ1) is 12.0. The van der Waals surface area contributed by atoms with Crippen LogP contribution in [0.5, 0.6) is 0 Å². The maximum Gasteiger partial charge on any atom is 0.319 e. The number of aromatic nitrogens is 2. The summed E-state index contributed by atoms with van der Waals surface area (Å²) in [5.74, 6) is 1.34. The summed E-state index contributed by atoms with van der Waals surface area (Å²) in [7, 11) is 0. The molecule has 1 aliphatic rings. The summed E-state index contributed by atoms with van der Waals surface area (Å²) in [6.45, 7) is 7.84. The zero-order valence-corrected chi connectivity index (χ0v) is 15.0. The van der Waals surface area contributed by atoms with Gasteiger partial charge in [0.05, 0.1) is 5.69 Å². The summed E-state index contributed by atoms with van der Waals surface area (Å²) in [5.41, 5.74) is 2.97. The number of carbonyl (C=O) groups excluding carboxylic acids is 1. The average Bonchev–Trinajstić information content (AvgIpc) is 3.04. The molecule has 2 aromatic rings. The predicted molar refractivity (Wildman–Crippen MR) is 100 cm³/mol. The molecule has 1 saturated heterocycles. The molecule has 0 unspecified atom stereocenters. The van der Waals surface area contributed by atoms with E-state index in [1.807, 2.05) is 43.3 Å². The molecule has 0 aliphatic carbocycles. The van der Waals surface area contributed by atoms with Crippen molar-refractivity contribution in [3.05, 3.63) is 47.7 Å². The lowest BCUT2D eigenvalue weighted by molar-refractivity contribution is 0.249. The number of nitrogens with one attached hydrogen (secondary N) is 2. The second-order valence-electron chi connectivity index (χ2n) is 6.84. The van der Waals surface area contributed by atoms with Crippen LogP contribution < -0.4 is 15.5 Å². The highest BCUT2D eigenvalue weighted by molar-refractivity contribution is 5.89. The molecule has 0 bridgehead atoms. The number of benzene rings is 1. The lowest BCUT2D eigenvalue weighted by Crippen LogP contribution is -2.39. The van der Waals surface area contributed by atoms with Crippen LogP contribution in [-0.2, 0) is 0 Å². The Morgan fingerprint density at radius 1 is 1.16 bits per heavy atom. The van der Waals surface area contributed by atoms with E-state index in [4.69, 9.17) is 0 Å². The Morgan fingerprint density at radius 3 is 2.56 bits per heavy atom. The zero-order valence-electron chi connectivity index (χ0n) is 15.0. The monoisotopic (exact) mass is 339 g/mol. The van der Waals surface area contributed by atoms with Gasteiger partial charge in [-0.25, -0.2) is 4.79 Å². The second kappa shape index (κ2) is 7.51. The highest BCUT2D eigenvalue weighted by atomic mass is 16.2. The summed E-state index contributed by atoms with van der Waals surface area (Å²) < 4.78 is 0. The number of nitrogens with zero attached hydrogens (tertiary/aromatic N) is 3. The molecule has 1 aliphatic heterocycles. The van der Waals surface area contributed by atoms with Gasteiger partial charge in [-0.05, 0) is 49.1 Å². The van der Waals surface area contributed by atoms with E-state index in [2.05, 4.69) is 39.6 Å². The fourth-order valence-corrected chi connectivity index (χ4v) is 2.95. The van der Waals surface area contributed by atoms with Crippen molar-refractivity contribution in [3.8, 4) is 0 Å². The third kappa shape index (κ3) is 4.47. The quantitative estimate of drug-likeness (QED) is 0.896. The van der Waals surface area contributed by atoms with E-state index in [1.54, 1.807) is 0 Å². The first-order valence-corrected chi connectivity index (χ1v) is 8.74. The molecule has 3 rings (SSSR count). The minimum atomic E-state index is -0.167. The van der Waals surface area contributed by atoms with Gasteiger partial charge < -0.3 is 15.5 Å². The van der Waals surface area contributed by atoms with Gasteiger partial charge in [0.25, 0.3) is 0 Å². The molecule has 1 atom stereocenters. The molecule has 0 radical (unpaired) electrons. The maximum atomic E-state index is 12.2. The highest BCUT2D eigenvalue weighted by Crippen LogP contribution is 2.19. The van der Waals surface area contributed by atoms with Crippen LogP contribution in [0, 0.1) is 6.92 Å². The Kier molecular flexibility index (Phi) is 5.16. The molecular weight excluding hydrogens is 314 g/mol. The first kappa shape index (κ1) is 17.2. The van der Waals surface area contributed by atoms with Crippen molar-refractivity contribution in [2.45, 2.75) is 39.2 Å². The van der Waals surface area contributed by atoms with Crippen molar-refractivity contribution in [1.29, 1.82) is 0 Å². The SMILES string of the molecule is Cc1ccc(N2CC[C@H](NC(=O)Nc3ccc(C(C)C)cc3)C2)nn1. The van der Waals surface area contributed by atoms with E-state index in [0.717, 1.165) is 36.7 Å². The minimum absolute atomic E-state index is 0.109. The Balaban J connectivity index is 1.51. The standard InChI is InChI=1S/C19H25N5O/c1-13(2)15-5-7-16(8-6-15)20-19(25)21-17-10-11-24(12-17)18-9-4-14(3)22-23-18/h4-9,13,17H,10-12H2,1-3H3,(H2,20,21,25)/t17-/m0/s1. The van der Waals surface area contributed by atoms with Crippen molar-refractivity contribution >= 4 is 17.5 Å². The Bertz CT molecular complexity index is 712. The molecule has 1 fully saturated rings.